The zero-order chi connectivity index (χ0) is 13.1. The molecule has 1 unspecified atom stereocenters. The van der Waals surface area contributed by atoms with Gasteiger partial charge in [0.2, 0.25) is 0 Å². The molecule has 0 radical (unpaired) electrons. The first-order valence-electron chi connectivity index (χ1n) is 5.30. The van der Waals surface area contributed by atoms with E-state index in [4.69, 9.17) is 46.4 Å². The molecule has 0 saturated heterocycles. The summed E-state index contributed by atoms with van der Waals surface area (Å²) >= 11 is 23.9. The fraction of sp³-hybridized carbons (Fsp3) is 0.250. The molecule has 0 N–H and O–H groups in total. The second-order valence-electron chi connectivity index (χ2n) is 3.83. The fourth-order valence-corrected chi connectivity index (χ4v) is 2.51. The molecule has 1 heterocycles. The van der Waals surface area contributed by atoms with Crippen molar-refractivity contribution >= 4 is 52.6 Å². The van der Waals surface area contributed by atoms with E-state index in [2.05, 4.69) is 4.99 Å². The van der Waals surface area contributed by atoms with Gasteiger partial charge in [0.25, 0.3) is 0 Å². The third-order valence-corrected chi connectivity index (χ3v) is 3.68. The topological polar surface area (TPSA) is 15.6 Å². The van der Waals surface area contributed by atoms with Crippen molar-refractivity contribution < 1.29 is 0 Å². The summed E-state index contributed by atoms with van der Waals surface area (Å²) in [6, 6.07) is 5.46. The van der Waals surface area contributed by atoms with E-state index in [1.54, 1.807) is 18.5 Å². The Morgan fingerprint density at radius 3 is 2.72 bits per heavy atom. The maximum Gasteiger partial charge on any atom is 0.197 e. The standard InChI is InChI=1S/C12H10Cl4N2/c13-9-2-1-8(11(15)5-9)3-4-18-7-10(14)6-17-12(18)16/h1-2,5-7,12H,3-4H2. The van der Waals surface area contributed by atoms with Crippen molar-refractivity contribution in [3.05, 3.63) is 45.0 Å². The number of rotatable bonds is 3. The highest BCUT2D eigenvalue weighted by atomic mass is 35.5. The van der Waals surface area contributed by atoms with Gasteiger partial charge < -0.3 is 4.90 Å². The van der Waals surface area contributed by atoms with E-state index in [-0.39, 0.29) is 0 Å². The van der Waals surface area contributed by atoms with Crippen molar-refractivity contribution in [2.45, 2.75) is 12.0 Å². The minimum atomic E-state index is -0.418. The lowest BCUT2D eigenvalue weighted by Gasteiger charge is -2.25. The molecule has 2 rings (SSSR count). The van der Waals surface area contributed by atoms with Crippen LogP contribution in [0, 0.1) is 0 Å². The monoisotopic (exact) mass is 322 g/mol. The second kappa shape index (κ2) is 6.16. The van der Waals surface area contributed by atoms with Crippen LogP contribution in [0.3, 0.4) is 0 Å². The maximum atomic E-state index is 6.11. The summed E-state index contributed by atoms with van der Waals surface area (Å²) in [7, 11) is 0. The first-order valence-corrected chi connectivity index (χ1v) is 6.87. The van der Waals surface area contributed by atoms with Crippen LogP contribution >= 0.6 is 46.4 Å². The molecular formula is C12H10Cl4N2. The minimum Gasteiger partial charge on any atom is -0.342 e. The van der Waals surface area contributed by atoms with E-state index in [1.807, 2.05) is 17.0 Å². The molecule has 0 fully saturated rings. The molecule has 1 aromatic rings. The summed E-state index contributed by atoms with van der Waals surface area (Å²) in [5.74, 6) is 0. The fourth-order valence-electron chi connectivity index (χ4n) is 1.62. The van der Waals surface area contributed by atoms with Crippen molar-refractivity contribution in [2.24, 2.45) is 4.99 Å². The first-order chi connectivity index (χ1) is 8.56. The molecule has 18 heavy (non-hydrogen) atoms. The van der Waals surface area contributed by atoms with Crippen molar-refractivity contribution in [3.8, 4) is 0 Å². The number of alkyl halides is 1. The van der Waals surface area contributed by atoms with E-state index < -0.39 is 5.62 Å². The molecule has 6 heteroatoms. The first kappa shape index (κ1) is 14.0. The molecule has 1 atom stereocenters. The van der Waals surface area contributed by atoms with Crippen LogP contribution in [0.5, 0.6) is 0 Å². The van der Waals surface area contributed by atoms with Crippen LogP contribution in [0.2, 0.25) is 10.0 Å². The lowest BCUT2D eigenvalue weighted by molar-refractivity contribution is 0.356. The van der Waals surface area contributed by atoms with Gasteiger partial charge in [0.15, 0.2) is 5.62 Å². The number of nitrogens with zero attached hydrogens (tertiary/aromatic N) is 2. The zero-order valence-corrected chi connectivity index (χ0v) is 12.3. The predicted molar refractivity (Wildman–Crippen MR) is 78.9 cm³/mol. The van der Waals surface area contributed by atoms with Gasteiger partial charge in [-0.2, -0.15) is 0 Å². The molecule has 1 aliphatic heterocycles. The van der Waals surface area contributed by atoms with E-state index in [1.165, 1.54) is 0 Å². The molecule has 0 saturated carbocycles. The van der Waals surface area contributed by atoms with Crippen LogP contribution in [-0.4, -0.2) is 23.3 Å². The maximum absolute atomic E-state index is 6.11. The summed E-state index contributed by atoms with van der Waals surface area (Å²) in [6.07, 6.45) is 4.07. The SMILES string of the molecule is ClC1=CN(CCc2ccc(Cl)cc2Cl)C(Cl)N=C1. The van der Waals surface area contributed by atoms with Gasteiger partial charge in [-0.05, 0) is 24.1 Å². The number of allylic oxidation sites excluding steroid dienone is 1. The summed E-state index contributed by atoms with van der Waals surface area (Å²) in [5.41, 5.74) is 0.600. The third-order valence-electron chi connectivity index (χ3n) is 2.54. The second-order valence-corrected chi connectivity index (χ2v) is 5.50. The molecule has 0 amide bonds. The van der Waals surface area contributed by atoms with Gasteiger partial charge in [-0.1, -0.05) is 52.5 Å². The number of halogens is 4. The van der Waals surface area contributed by atoms with Gasteiger partial charge >= 0.3 is 0 Å². The van der Waals surface area contributed by atoms with Crippen LogP contribution in [0.25, 0.3) is 0 Å². The summed E-state index contributed by atoms with van der Waals surface area (Å²) < 4.78 is 0. The van der Waals surface area contributed by atoms with Crippen molar-refractivity contribution in [2.75, 3.05) is 6.54 Å². The van der Waals surface area contributed by atoms with Gasteiger partial charge in [0.05, 0.1) is 5.03 Å². The highest BCUT2D eigenvalue weighted by Crippen LogP contribution is 2.23. The molecular weight excluding hydrogens is 314 g/mol. The summed E-state index contributed by atoms with van der Waals surface area (Å²) in [6.45, 7) is 0.684. The Bertz CT molecular complexity index is 499. The largest absolute Gasteiger partial charge is 0.342 e. The van der Waals surface area contributed by atoms with Gasteiger partial charge in [-0.25, -0.2) is 0 Å². The molecule has 0 spiro atoms. The Morgan fingerprint density at radius 2 is 2.00 bits per heavy atom. The van der Waals surface area contributed by atoms with Crippen LogP contribution < -0.4 is 0 Å². The molecule has 0 bridgehead atoms. The van der Waals surface area contributed by atoms with Crippen LogP contribution in [0.4, 0.5) is 0 Å². The van der Waals surface area contributed by atoms with Crippen molar-refractivity contribution in [1.29, 1.82) is 0 Å². The van der Waals surface area contributed by atoms with Crippen LogP contribution in [0.15, 0.2) is 34.4 Å². The van der Waals surface area contributed by atoms with Crippen molar-refractivity contribution in [1.82, 2.24) is 4.90 Å². The van der Waals surface area contributed by atoms with E-state index >= 15 is 0 Å². The van der Waals surface area contributed by atoms with Crippen LogP contribution in [-0.2, 0) is 6.42 Å². The van der Waals surface area contributed by atoms with E-state index in [9.17, 15) is 0 Å². The molecule has 0 aliphatic carbocycles. The molecule has 1 aliphatic rings. The number of aliphatic imine (C=N–C) groups is 1. The molecule has 96 valence electrons. The Kier molecular flexibility index (Phi) is 4.79. The third kappa shape index (κ3) is 3.55. The van der Waals surface area contributed by atoms with Crippen molar-refractivity contribution in [3.63, 3.8) is 0 Å². The smallest absolute Gasteiger partial charge is 0.197 e. The summed E-state index contributed by atoms with van der Waals surface area (Å²) in [5, 5.41) is 1.85. The molecule has 2 nitrogen and oxygen atoms in total. The lowest BCUT2D eigenvalue weighted by Crippen LogP contribution is -2.29. The highest BCUT2D eigenvalue weighted by molar-refractivity contribution is 6.39. The quantitative estimate of drug-likeness (QED) is 0.589. The Balaban J connectivity index is 2.01. The number of hydrogen-bond acceptors (Lipinski definition) is 2. The van der Waals surface area contributed by atoms with E-state index in [0.717, 1.165) is 12.0 Å². The Hall–Kier alpha value is -0.410. The van der Waals surface area contributed by atoms with Gasteiger partial charge in [0.1, 0.15) is 0 Å². The number of hydrogen-bond donors (Lipinski definition) is 0. The predicted octanol–water partition coefficient (Wildman–Crippen LogP) is 4.52. The zero-order valence-electron chi connectivity index (χ0n) is 9.28. The Morgan fingerprint density at radius 1 is 1.22 bits per heavy atom. The molecule has 0 aromatic heterocycles. The summed E-state index contributed by atoms with van der Waals surface area (Å²) in [4.78, 5) is 5.91. The van der Waals surface area contributed by atoms with E-state index in [0.29, 0.717) is 21.6 Å². The van der Waals surface area contributed by atoms with Crippen LogP contribution in [0.1, 0.15) is 5.56 Å². The van der Waals surface area contributed by atoms with Gasteiger partial charge in [-0.3, -0.25) is 4.99 Å². The molecule has 1 aromatic carbocycles. The number of benzene rings is 1. The lowest BCUT2D eigenvalue weighted by atomic mass is 10.1. The average Bonchev–Trinajstić information content (AvgIpc) is 2.32. The normalized spacial score (nSPS) is 19.0. The average molecular weight is 324 g/mol. The minimum absolute atomic E-state index is 0.418. The Labute approximate surface area is 126 Å². The van der Waals surface area contributed by atoms with Gasteiger partial charge in [0, 0.05) is 29.0 Å². The highest BCUT2D eigenvalue weighted by Gasteiger charge is 2.15. The van der Waals surface area contributed by atoms with Gasteiger partial charge in [-0.15, -0.1) is 0 Å².